The molecule has 0 saturated heterocycles. The van der Waals surface area contributed by atoms with Crippen molar-refractivity contribution >= 4 is 105 Å². The Morgan fingerprint density at radius 3 is 1.03 bits per heavy atom. The van der Waals surface area contributed by atoms with Gasteiger partial charge in [-0.3, -0.25) is 0 Å². The highest BCUT2D eigenvalue weighted by atomic mass is 16.3. The first-order valence-electron chi connectivity index (χ1n) is 40.2. The number of para-hydroxylation sites is 3. The van der Waals surface area contributed by atoms with Gasteiger partial charge in [-0.05, 0) is 235 Å². The second kappa shape index (κ2) is 28.2. The summed E-state index contributed by atoms with van der Waals surface area (Å²) < 4.78 is 25.2. The normalized spacial score (nSPS) is 11.9. The first-order valence-corrected chi connectivity index (χ1v) is 40.2. The molecule has 0 aliphatic heterocycles. The van der Waals surface area contributed by atoms with Gasteiger partial charge < -0.3 is 22.4 Å². The van der Waals surface area contributed by atoms with Crippen molar-refractivity contribution in [2.75, 3.05) is 0 Å². The second-order valence-corrected chi connectivity index (χ2v) is 30.6. The topological polar surface area (TPSA) is 88.0 Å². The van der Waals surface area contributed by atoms with Gasteiger partial charge in [0.2, 0.25) is 0 Å². The Labute approximate surface area is 684 Å². The molecule has 17 aromatic carbocycles. The molecule has 0 aliphatic carbocycles. The van der Waals surface area contributed by atoms with E-state index in [1.807, 2.05) is 54.6 Å². The SMILES string of the molecule is C=C/C=C\c1oc2ccc(-c3ccc4c(c3)c3ccccc3n4-c3cccc(-c4cc(-c5ccccc5)cc(-c5ccccc5)c4)c3)cc2c1-c1nc(-c2cccc3oc4ccccc4c23)nc(-c2cccc3oc4ccc(-c5ccc6c(c5)c5ccccc5n6-c5cccc(-c6cc(-c7ccccc7)cc(-c7ccccc7)c6)c5)cc4c23)n1. The van der Waals surface area contributed by atoms with Crippen molar-refractivity contribution in [3.8, 4) is 135 Å². The van der Waals surface area contributed by atoms with E-state index in [1.165, 1.54) is 44.5 Å². The van der Waals surface area contributed by atoms with E-state index in [0.29, 0.717) is 40.0 Å². The number of benzene rings is 17. The lowest BCUT2D eigenvalue weighted by molar-refractivity contribution is 0.605. The van der Waals surface area contributed by atoms with Crippen LogP contribution in [0.25, 0.3) is 239 Å². The predicted molar refractivity (Wildman–Crippen MR) is 492 cm³/mol. The van der Waals surface area contributed by atoms with Crippen LogP contribution in [0.1, 0.15) is 5.76 Å². The third-order valence-corrected chi connectivity index (χ3v) is 23.5. The molecule has 8 heteroatoms. The molecule has 0 atom stereocenters. The lowest BCUT2D eigenvalue weighted by Gasteiger charge is -2.14. The van der Waals surface area contributed by atoms with Gasteiger partial charge >= 0.3 is 0 Å². The fourth-order valence-corrected chi connectivity index (χ4v) is 18.0. The van der Waals surface area contributed by atoms with Gasteiger partial charge in [0, 0.05) is 71.0 Å². The zero-order valence-electron chi connectivity index (χ0n) is 64.4. The third kappa shape index (κ3) is 11.9. The van der Waals surface area contributed by atoms with Gasteiger partial charge in [-0.2, -0.15) is 0 Å². The molecule has 0 N–H and O–H groups in total. The largest absolute Gasteiger partial charge is 0.456 e. The molecule has 0 bridgehead atoms. The van der Waals surface area contributed by atoms with Crippen LogP contribution in [0, 0.1) is 0 Å². The van der Waals surface area contributed by atoms with E-state index in [9.17, 15) is 0 Å². The molecule has 0 unspecified atom stereocenters. The average molecular weight is 1520 g/mol. The van der Waals surface area contributed by atoms with E-state index in [1.54, 1.807) is 6.08 Å². The molecule has 23 rings (SSSR count). The Bertz CT molecular complexity index is 7940. The number of furan rings is 3. The number of hydrogen-bond donors (Lipinski definition) is 0. The Hall–Kier alpha value is -16.0. The van der Waals surface area contributed by atoms with E-state index in [-0.39, 0.29) is 0 Å². The number of aromatic nitrogens is 5. The summed E-state index contributed by atoms with van der Waals surface area (Å²) in [5.74, 6) is 1.93. The molecule has 119 heavy (non-hydrogen) atoms. The fourth-order valence-electron chi connectivity index (χ4n) is 18.0. The van der Waals surface area contributed by atoms with Crippen LogP contribution >= 0.6 is 0 Å². The summed E-state index contributed by atoms with van der Waals surface area (Å²) in [6.07, 6.45) is 5.60. The maximum Gasteiger partial charge on any atom is 0.168 e. The minimum Gasteiger partial charge on any atom is -0.456 e. The van der Waals surface area contributed by atoms with Crippen LogP contribution in [0.3, 0.4) is 0 Å². The number of rotatable bonds is 15. The van der Waals surface area contributed by atoms with Gasteiger partial charge in [-0.1, -0.05) is 267 Å². The summed E-state index contributed by atoms with van der Waals surface area (Å²) in [6.45, 7) is 4.11. The number of nitrogens with zero attached hydrogens (tertiary/aromatic N) is 5. The average Bonchev–Trinajstić information content (AvgIpc) is 1.61. The number of hydrogen-bond acceptors (Lipinski definition) is 6. The lowest BCUT2D eigenvalue weighted by atomic mass is 9.93. The fraction of sp³-hybridized carbons (Fsp3) is 0. The molecule has 8 nitrogen and oxygen atoms in total. The van der Waals surface area contributed by atoms with Crippen LogP contribution in [0.4, 0.5) is 0 Å². The molecular formula is C111H69N5O3. The van der Waals surface area contributed by atoms with Crippen molar-refractivity contribution in [3.63, 3.8) is 0 Å². The first-order chi connectivity index (χ1) is 58.9. The van der Waals surface area contributed by atoms with Gasteiger partial charge in [-0.25, -0.2) is 15.0 Å². The minimum atomic E-state index is 0.428. The summed E-state index contributed by atoms with van der Waals surface area (Å²) in [5, 5.41) is 9.09. The molecule has 0 radical (unpaired) electrons. The van der Waals surface area contributed by atoms with Crippen LogP contribution in [0.2, 0.25) is 0 Å². The van der Waals surface area contributed by atoms with Gasteiger partial charge in [0.15, 0.2) is 17.5 Å². The van der Waals surface area contributed by atoms with Crippen molar-refractivity contribution in [2.45, 2.75) is 0 Å². The molecule has 6 aromatic heterocycles. The summed E-state index contributed by atoms with van der Waals surface area (Å²) in [6, 6.07) is 139. The van der Waals surface area contributed by atoms with Crippen LogP contribution in [-0.4, -0.2) is 24.1 Å². The van der Waals surface area contributed by atoms with Gasteiger partial charge in [0.25, 0.3) is 0 Å². The van der Waals surface area contributed by atoms with Crippen molar-refractivity contribution in [2.24, 2.45) is 0 Å². The summed E-state index contributed by atoms with van der Waals surface area (Å²) in [5.41, 5.74) is 30.6. The van der Waals surface area contributed by atoms with Crippen LogP contribution in [0.15, 0.2) is 420 Å². The molecule has 23 aromatic rings. The predicted octanol–water partition coefficient (Wildman–Crippen LogP) is 30.1. The summed E-state index contributed by atoms with van der Waals surface area (Å²) in [4.78, 5) is 16.8. The molecule has 556 valence electrons. The van der Waals surface area contributed by atoms with Crippen LogP contribution < -0.4 is 0 Å². The van der Waals surface area contributed by atoms with Gasteiger partial charge in [0.05, 0.1) is 27.6 Å². The van der Waals surface area contributed by atoms with Crippen molar-refractivity contribution < 1.29 is 13.3 Å². The second-order valence-electron chi connectivity index (χ2n) is 30.6. The van der Waals surface area contributed by atoms with E-state index in [4.69, 9.17) is 28.2 Å². The van der Waals surface area contributed by atoms with E-state index in [0.717, 1.165) is 154 Å². The molecule has 6 heterocycles. The minimum absolute atomic E-state index is 0.428. The maximum absolute atomic E-state index is 6.96. The van der Waals surface area contributed by atoms with Gasteiger partial charge in [-0.15, -0.1) is 0 Å². The number of allylic oxidation sites excluding steroid dienone is 2. The van der Waals surface area contributed by atoms with E-state index < -0.39 is 0 Å². The van der Waals surface area contributed by atoms with Crippen LogP contribution in [-0.2, 0) is 0 Å². The molecule has 0 amide bonds. The van der Waals surface area contributed by atoms with E-state index >= 15 is 0 Å². The lowest BCUT2D eigenvalue weighted by Crippen LogP contribution is -2.01. The first kappa shape index (κ1) is 68.6. The highest BCUT2D eigenvalue weighted by Gasteiger charge is 2.27. The molecule has 0 aliphatic rings. The van der Waals surface area contributed by atoms with Crippen molar-refractivity contribution in [1.82, 2.24) is 24.1 Å². The van der Waals surface area contributed by atoms with Crippen LogP contribution in [0.5, 0.6) is 0 Å². The molecular weight excluding hydrogens is 1450 g/mol. The Balaban J connectivity index is 0.649. The highest BCUT2D eigenvalue weighted by Crippen LogP contribution is 2.47. The van der Waals surface area contributed by atoms with E-state index in [2.05, 4.69) is 361 Å². The van der Waals surface area contributed by atoms with Crippen molar-refractivity contribution in [1.29, 1.82) is 0 Å². The summed E-state index contributed by atoms with van der Waals surface area (Å²) >= 11 is 0. The molecule has 0 saturated carbocycles. The zero-order chi connectivity index (χ0) is 78.6. The zero-order valence-corrected chi connectivity index (χ0v) is 64.4. The molecule has 0 fully saturated rings. The quantitative estimate of drug-likeness (QED) is 0.0951. The Morgan fingerprint density at radius 1 is 0.227 bits per heavy atom. The number of fused-ring (bicyclic) bond motifs is 13. The highest BCUT2D eigenvalue weighted by molar-refractivity contribution is 6.16. The Kier molecular flexibility index (Phi) is 16.3. The summed E-state index contributed by atoms with van der Waals surface area (Å²) in [7, 11) is 0. The Morgan fingerprint density at radius 2 is 0.563 bits per heavy atom. The third-order valence-electron chi connectivity index (χ3n) is 23.5. The monoisotopic (exact) mass is 1520 g/mol. The van der Waals surface area contributed by atoms with Gasteiger partial charge in [0.1, 0.15) is 33.7 Å². The molecule has 0 spiro atoms. The maximum atomic E-state index is 6.96. The van der Waals surface area contributed by atoms with Crippen molar-refractivity contribution in [3.05, 3.63) is 413 Å². The smallest absolute Gasteiger partial charge is 0.168 e. The standard InChI is InChI=1S/C111H69N5O3/c1-2-3-45-105-108(95-68-78(52-56-102(95)119-105)76-50-54-99-93(66-76)88-39-17-20-44-97(88)116(99)86-37-23-35-74(64-86)84-61-81(71-30-12-6-13-31-71)58-82(62-84)72-32-14-7-15-33-72)111-113-109(90-41-24-47-103-106(90)89-40-18-21-46-100(89)117-103)112-110(114-111)91-42-25-48-104-107(91)94-67-77(51-55-101(94)118-104)75-49-53-98-92(65-75)87-38-16-19-43-96(87)115(98)85-36-22-34-73(63-85)83-59-79(69-26-8-4-9-27-69)57-80(60-83)70-28-10-5-11-29-70/h2-68H,1H2/b45-3-.